The van der Waals surface area contributed by atoms with Gasteiger partial charge in [-0.2, -0.15) is 0 Å². The Labute approximate surface area is 88.3 Å². The molecule has 1 aromatic rings. The number of nitrogens with zero attached hydrogens (tertiary/aromatic N) is 1. The van der Waals surface area contributed by atoms with Crippen LogP contribution in [0, 0.1) is 0 Å². The zero-order chi connectivity index (χ0) is 9.97. The molecule has 0 amide bonds. The molecule has 0 saturated heterocycles. The highest BCUT2D eigenvalue weighted by molar-refractivity contribution is 7.11. The first-order valence-electron chi connectivity index (χ1n) is 5.06. The van der Waals surface area contributed by atoms with E-state index >= 15 is 0 Å². The average molecular weight is 212 g/mol. The Hall–Kier alpha value is -0.610. The van der Waals surface area contributed by atoms with Crippen molar-refractivity contribution in [1.82, 2.24) is 4.98 Å². The summed E-state index contributed by atoms with van der Waals surface area (Å²) in [5.74, 6) is 0.448. The van der Waals surface area contributed by atoms with Gasteiger partial charge in [0, 0.05) is 17.3 Å². The molecule has 0 bridgehead atoms. The van der Waals surface area contributed by atoms with E-state index < -0.39 is 0 Å². The zero-order valence-electron chi connectivity index (χ0n) is 8.40. The summed E-state index contributed by atoms with van der Waals surface area (Å²) in [5.41, 5.74) is 7.21. The van der Waals surface area contributed by atoms with E-state index in [0.717, 1.165) is 17.3 Å². The van der Waals surface area contributed by atoms with Gasteiger partial charge < -0.3 is 10.5 Å². The molecule has 1 aliphatic carbocycles. The van der Waals surface area contributed by atoms with Gasteiger partial charge in [-0.25, -0.2) is 4.98 Å². The number of methoxy groups -OCH3 is 1. The Morgan fingerprint density at radius 1 is 1.50 bits per heavy atom. The minimum atomic E-state index is 0.288. The van der Waals surface area contributed by atoms with E-state index in [1.54, 1.807) is 18.4 Å². The van der Waals surface area contributed by atoms with Crippen LogP contribution in [0.1, 0.15) is 37.3 Å². The van der Waals surface area contributed by atoms with Crippen molar-refractivity contribution in [1.29, 1.82) is 0 Å². The molecule has 1 fully saturated rings. The molecule has 0 radical (unpaired) electrons. The Morgan fingerprint density at radius 2 is 2.29 bits per heavy atom. The summed E-state index contributed by atoms with van der Waals surface area (Å²) in [6.45, 7) is 0. The third-order valence-corrected chi connectivity index (χ3v) is 3.69. The summed E-state index contributed by atoms with van der Waals surface area (Å²) in [7, 11) is 1.66. The molecular weight excluding hydrogens is 196 g/mol. The molecule has 1 aromatic heterocycles. The number of thiazole rings is 1. The summed E-state index contributed by atoms with van der Waals surface area (Å²) in [5, 5.41) is 2.83. The van der Waals surface area contributed by atoms with Crippen molar-refractivity contribution >= 4 is 11.3 Å². The lowest BCUT2D eigenvalue weighted by Gasteiger charge is -2.26. The van der Waals surface area contributed by atoms with Crippen LogP contribution in [0.25, 0.3) is 0 Å². The average Bonchev–Trinajstić information content (AvgIpc) is 2.67. The van der Waals surface area contributed by atoms with Gasteiger partial charge in [-0.15, -0.1) is 0 Å². The lowest BCUT2D eigenvalue weighted by atomic mass is 9.83. The number of rotatable bonds is 2. The molecule has 2 N–H and O–H groups in total. The molecule has 14 heavy (non-hydrogen) atoms. The van der Waals surface area contributed by atoms with Crippen LogP contribution in [-0.4, -0.2) is 18.1 Å². The highest BCUT2D eigenvalue weighted by Crippen LogP contribution is 2.33. The van der Waals surface area contributed by atoms with Crippen LogP contribution < -0.4 is 10.5 Å². The van der Waals surface area contributed by atoms with E-state index in [1.165, 1.54) is 19.3 Å². The first kappa shape index (κ1) is 9.93. The van der Waals surface area contributed by atoms with E-state index in [1.807, 2.05) is 0 Å². The fourth-order valence-corrected chi connectivity index (χ4v) is 2.76. The fraction of sp³-hybridized carbons (Fsp3) is 0.700. The van der Waals surface area contributed by atoms with Crippen molar-refractivity contribution < 1.29 is 4.74 Å². The van der Waals surface area contributed by atoms with Crippen LogP contribution in [0.5, 0.6) is 5.19 Å². The second-order valence-electron chi connectivity index (χ2n) is 3.80. The van der Waals surface area contributed by atoms with Crippen LogP contribution in [0.2, 0.25) is 0 Å². The van der Waals surface area contributed by atoms with Gasteiger partial charge in [0.1, 0.15) is 0 Å². The van der Waals surface area contributed by atoms with Crippen LogP contribution in [0.15, 0.2) is 5.38 Å². The number of hydrogen-bond acceptors (Lipinski definition) is 4. The van der Waals surface area contributed by atoms with Gasteiger partial charge in [0.05, 0.1) is 12.8 Å². The minimum absolute atomic E-state index is 0.288. The van der Waals surface area contributed by atoms with Crippen molar-refractivity contribution in [2.45, 2.75) is 37.6 Å². The topological polar surface area (TPSA) is 48.1 Å². The highest BCUT2D eigenvalue weighted by Gasteiger charge is 2.25. The number of aromatic nitrogens is 1. The molecule has 0 aliphatic heterocycles. The predicted octanol–water partition coefficient (Wildman–Crippen LogP) is 2.14. The quantitative estimate of drug-likeness (QED) is 0.817. The third kappa shape index (κ3) is 1.91. The van der Waals surface area contributed by atoms with Crippen molar-refractivity contribution in [3.05, 3.63) is 11.1 Å². The van der Waals surface area contributed by atoms with Crippen LogP contribution in [0.4, 0.5) is 0 Å². The fourth-order valence-electron chi connectivity index (χ4n) is 2.06. The van der Waals surface area contributed by atoms with Gasteiger partial charge in [0.15, 0.2) is 0 Å². The molecule has 3 nitrogen and oxygen atoms in total. The van der Waals surface area contributed by atoms with Gasteiger partial charge >= 0.3 is 0 Å². The van der Waals surface area contributed by atoms with Crippen molar-refractivity contribution in [3.63, 3.8) is 0 Å². The molecule has 1 aliphatic rings. The zero-order valence-corrected chi connectivity index (χ0v) is 9.22. The first-order chi connectivity index (χ1) is 6.81. The van der Waals surface area contributed by atoms with Crippen molar-refractivity contribution in [3.8, 4) is 5.19 Å². The SMILES string of the molecule is COc1nc(C2CCCCC2N)cs1. The maximum absolute atomic E-state index is 6.09. The molecular formula is C10H16N2OS. The highest BCUT2D eigenvalue weighted by atomic mass is 32.1. The maximum atomic E-state index is 6.09. The molecule has 1 heterocycles. The molecule has 1 saturated carbocycles. The van der Waals surface area contributed by atoms with Crippen molar-refractivity contribution in [2.75, 3.05) is 7.11 Å². The molecule has 2 unspecified atom stereocenters. The van der Waals surface area contributed by atoms with Gasteiger partial charge in [-0.05, 0) is 12.8 Å². The second kappa shape index (κ2) is 4.28. The summed E-state index contributed by atoms with van der Waals surface area (Å²) >= 11 is 1.56. The molecule has 4 heteroatoms. The van der Waals surface area contributed by atoms with Crippen LogP contribution in [-0.2, 0) is 0 Å². The second-order valence-corrected chi connectivity index (χ2v) is 4.62. The largest absolute Gasteiger partial charge is 0.473 e. The number of hydrogen-bond donors (Lipinski definition) is 1. The summed E-state index contributed by atoms with van der Waals surface area (Å²) in [6, 6.07) is 0.288. The van der Waals surface area contributed by atoms with Crippen molar-refractivity contribution in [2.24, 2.45) is 5.73 Å². The van der Waals surface area contributed by atoms with E-state index in [4.69, 9.17) is 10.5 Å². The number of ether oxygens (including phenoxy) is 1. The smallest absolute Gasteiger partial charge is 0.273 e. The minimum Gasteiger partial charge on any atom is -0.473 e. The normalized spacial score (nSPS) is 27.6. The van der Waals surface area contributed by atoms with Gasteiger partial charge in [-0.1, -0.05) is 24.2 Å². The van der Waals surface area contributed by atoms with Gasteiger partial charge in [0.25, 0.3) is 5.19 Å². The van der Waals surface area contributed by atoms with E-state index in [9.17, 15) is 0 Å². The third-order valence-electron chi connectivity index (χ3n) is 2.87. The molecule has 78 valence electrons. The molecule has 2 atom stereocenters. The standard InChI is InChI=1S/C10H16N2OS/c1-13-10-12-9(6-14-10)7-4-2-3-5-8(7)11/h6-8H,2-5,11H2,1H3. The summed E-state index contributed by atoms with van der Waals surface area (Å²) in [4.78, 5) is 4.42. The summed E-state index contributed by atoms with van der Waals surface area (Å²) < 4.78 is 5.09. The molecule has 2 rings (SSSR count). The Morgan fingerprint density at radius 3 is 2.93 bits per heavy atom. The van der Waals surface area contributed by atoms with Crippen LogP contribution in [0.3, 0.4) is 0 Å². The Kier molecular flexibility index (Phi) is 3.03. The Bertz CT molecular complexity index is 300. The Balaban J connectivity index is 2.12. The van der Waals surface area contributed by atoms with E-state index in [2.05, 4.69) is 10.4 Å². The molecule has 0 spiro atoms. The van der Waals surface area contributed by atoms with E-state index in [0.29, 0.717) is 5.92 Å². The lowest BCUT2D eigenvalue weighted by molar-refractivity contribution is 0.373. The van der Waals surface area contributed by atoms with Gasteiger partial charge in [0.2, 0.25) is 0 Å². The summed E-state index contributed by atoms with van der Waals surface area (Å²) in [6.07, 6.45) is 4.84. The lowest BCUT2D eigenvalue weighted by Crippen LogP contribution is -2.31. The maximum Gasteiger partial charge on any atom is 0.273 e. The molecule has 0 aromatic carbocycles. The monoisotopic (exact) mass is 212 g/mol. The van der Waals surface area contributed by atoms with Crippen LogP contribution >= 0.6 is 11.3 Å². The predicted molar refractivity (Wildman–Crippen MR) is 57.9 cm³/mol. The van der Waals surface area contributed by atoms with E-state index in [-0.39, 0.29) is 6.04 Å². The number of nitrogens with two attached hydrogens (primary N) is 1. The van der Waals surface area contributed by atoms with Gasteiger partial charge in [-0.3, -0.25) is 0 Å². The first-order valence-corrected chi connectivity index (χ1v) is 5.94.